The first-order valence-corrected chi connectivity index (χ1v) is 4.57. The van der Waals surface area contributed by atoms with E-state index in [1.165, 1.54) is 0 Å². The van der Waals surface area contributed by atoms with Gasteiger partial charge < -0.3 is 40.9 Å². The van der Waals surface area contributed by atoms with Gasteiger partial charge >= 0.3 is 23.9 Å². The van der Waals surface area contributed by atoms with Crippen molar-refractivity contribution in [2.24, 2.45) is 0 Å². The Morgan fingerprint density at radius 3 is 0.619 bits per heavy atom. The van der Waals surface area contributed by atoms with Gasteiger partial charge in [-0.15, -0.1) is 0 Å². The van der Waals surface area contributed by atoms with Crippen LogP contribution in [0.4, 0.5) is 0 Å². The molecule has 0 heterocycles. The van der Waals surface area contributed by atoms with Crippen molar-refractivity contribution in [2.45, 2.75) is 24.4 Å². The quantitative estimate of drug-likeness (QED) is 0.215. The van der Waals surface area contributed by atoms with E-state index in [4.69, 9.17) is 40.9 Å². The molecule has 0 saturated carbocycles. The fraction of sp³-hybridized carbons (Fsp3) is 0.500. The van der Waals surface area contributed by atoms with Crippen LogP contribution in [0.25, 0.3) is 0 Å². The average Bonchev–Trinajstić information content (AvgIpc) is 2.35. The summed E-state index contributed by atoms with van der Waals surface area (Å²) in [6.07, 6.45) is -9.06. The summed E-state index contributed by atoms with van der Waals surface area (Å²) >= 11 is 0. The fourth-order valence-electron chi connectivity index (χ4n) is 0.540. The first-order chi connectivity index (χ1) is 8.93. The molecule has 0 saturated heterocycles. The number of hydrogen-bond acceptors (Lipinski definition) is 8. The zero-order valence-corrected chi connectivity index (χ0v) is 12.5. The third-order valence-corrected chi connectivity index (χ3v) is 1.61. The summed E-state index contributed by atoms with van der Waals surface area (Å²) in [4.78, 5) is 39.1. The van der Waals surface area contributed by atoms with E-state index in [-0.39, 0.29) is 26.2 Å². The maximum absolute atomic E-state index is 9.77. The van der Waals surface area contributed by atoms with Gasteiger partial charge in [0, 0.05) is 26.2 Å². The number of carboxylic acid groups (broad SMARTS) is 4. The van der Waals surface area contributed by atoms with Gasteiger partial charge in [-0.05, 0) is 0 Å². The van der Waals surface area contributed by atoms with E-state index in [1.807, 2.05) is 0 Å². The molecule has 4 unspecified atom stereocenters. The molecule has 0 aliphatic rings. The number of aliphatic carboxylic acids is 4. The second kappa shape index (κ2) is 11.3. The van der Waals surface area contributed by atoms with E-state index in [9.17, 15) is 19.2 Å². The molecule has 0 bridgehead atoms. The van der Waals surface area contributed by atoms with E-state index in [0.29, 0.717) is 0 Å². The molecule has 0 spiro atoms. The molecule has 12 nitrogen and oxygen atoms in total. The summed E-state index contributed by atoms with van der Waals surface area (Å²) in [6, 6.07) is 0. The topological polar surface area (TPSA) is 230 Å². The van der Waals surface area contributed by atoms with Gasteiger partial charge in [0.15, 0.2) is 24.4 Å². The van der Waals surface area contributed by atoms with Crippen molar-refractivity contribution < 1.29 is 86.2 Å². The van der Waals surface area contributed by atoms with E-state index in [0.717, 1.165) is 0 Å². The van der Waals surface area contributed by atoms with E-state index < -0.39 is 48.3 Å². The van der Waals surface area contributed by atoms with Crippen LogP contribution < -0.4 is 0 Å². The largest absolute Gasteiger partial charge is 0.479 e. The summed E-state index contributed by atoms with van der Waals surface area (Å²) in [5, 5.41) is 65.1. The van der Waals surface area contributed by atoms with Crippen molar-refractivity contribution in [2.75, 3.05) is 0 Å². The predicted octanol–water partition coefficient (Wildman–Crippen LogP) is -4.25. The molecule has 0 aromatic carbocycles. The Balaban J connectivity index is -0.000000295. The Bertz CT molecular complexity index is 309. The van der Waals surface area contributed by atoms with Gasteiger partial charge in [-0.1, -0.05) is 0 Å². The molecule has 0 aromatic heterocycles. The van der Waals surface area contributed by atoms with Gasteiger partial charge in [-0.25, -0.2) is 19.2 Å². The molecule has 8 N–H and O–H groups in total. The number of aliphatic hydroxyl groups excluding tert-OH is 4. The van der Waals surface area contributed by atoms with E-state index in [1.54, 1.807) is 0 Å². The van der Waals surface area contributed by atoms with Gasteiger partial charge in [0.05, 0.1) is 0 Å². The predicted molar refractivity (Wildman–Crippen MR) is 54.6 cm³/mol. The van der Waals surface area contributed by atoms with E-state index >= 15 is 0 Å². The molecule has 0 rings (SSSR count). The van der Waals surface area contributed by atoms with Crippen molar-refractivity contribution in [3.63, 3.8) is 0 Å². The Morgan fingerprint density at radius 1 is 0.476 bits per heavy atom. The van der Waals surface area contributed by atoms with Crippen LogP contribution in [0.2, 0.25) is 0 Å². The minimum atomic E-state index is -2.27. The average molecular weight is 391 g/mol. The summed E-state index contributed by atoms with van der Waals surface area (Å²) in [5.41, 5.74) is 0. The van der Waals surface area contributed by atoms with Gasteiger partial charge in [-0.3, -0.25) is 0 Å². The number of hydrogen-bond donors (Lipinski definition) is 8. The van der Waals surface area contributed by atoms with Crippen LogP contribution in [-0.2, 0) is 45.4 Å². The molecule has 0 fully saturated rings. The molecule has 120 valence electrons. The Hall–Kier alpha value is -1.40. The van der Waals surface area contributed by atoms with Gasteiger partial charge in [0.1, 0.15) is 0 Å². The summed E-state index contributed by atoms with van der Waals surface area (Å²) < 4.78 is 0. The third-order valence-electron chi connectivity index (χ3n) is 1.61. The van der Waals surface area contributed by atoms with Crippen LogP contribution in [0.15, 0.2) is 0 Å². The molecular formula is C8H12O12Zr. The Labute approximate surface area is 135 Å². The van der Waals surface area contributed by atoms with Crippen molar-refractivity contribution in [1.29, 1.82) is 0 Å². The SMILES string of the molecule is O=C(O)C(O)C(O)C(=O)O.O=C(O)C(O)C(O)C(=O)O.[Zr]. The monoisotopic (exact) mass is 390 g/mol. The maximum atomic E-state index is 9.77. The minimum Gasteiger partial charge on any atom is -0.479 e. The van der Waals surface area contributed by atoms with Crippen molar-refractivity contribution in [1.82, 2.24) is 0 Å². The zero-order chi connectivity index (χ0) is 16.6. The molecular weight excluding hydrogens is 379 g/mol. The molecule has 0 radical (unpaired) electrons. The molecule has 4 atom stereocenters. The Kier molecular flexibility index (Phi) is 13.2. The molecule has 21 heavy (non-hydrogen) atoms. The van der Waals surface area contributed by atoms with Crippen LogP contribution in [0.1, 0.15) is 0 Å². The number of rotatable bonds is 6. The van der Waals surface area contributed by atoms with Crippen LogP contribution in [0, 0.1) is 0 Å². The maximum Gasteiger partial charge on any atom is 0.335 e. The van der Waals surface area contributed by atoms with Crippen molar-refractivity contribution in [3.8, 4) is 0 Å². The summed E-state index contributed by atoms with van der Waals surface area (Å²) in [6.45, 7) is 0. The summed E-state index contributed by atoms with van der Waals surface area (Å²) in [5.74, 6) is -7.07. The Morgan fingerprint density at radius 2 is 0.571 bits per heavy atom. The number of carboxylic acids is 4. The summed E-state index contributed by atoms with van der Waals surface area (Å²) in [7, 11) is 0. The van der Waals surface area contributed by atoms with Gasteiger partial charge in [-0.2, -0.15) is 0 Å². The van der Waals surface area contributed by atoms with Crippen LogP contribution in [-0.4, -0.2) is 89.1 Å². The smallest absolute Gasteiger partial charge is 0.335 e. The molecule has 0 amide bonds. The molecule has 0 aliphatic heterocycles. The third kappa shape index (κ3) is 10.0. The van der Waals surface area contributed by atoms with Crippen LogP contribution >= 0.6 is 0 Å². The zero-order valence-electron chi connectivity index (χ0n) is 10.0. The van der Waals surface area contributed by atoms with Crippen LogP contribution in [0.5, 0.6) is 0 Å². The first-order valence-electron chi connectivity index (χ1n) is 4.57. The second-order valence-electron chi connectivity index (χ2n) is 3.13. The van der Waals surface area contributed by atoms with E-state index in [2.05, 4.69) is 0 Å². The molecule has 0 aliphatic carbocycles. The first kappa shape index (κ1) is 24.6. The number of aliphatic hydroxyl groups is 4. The standard InChI is InChI=1S/2C4H6O6.Zr/c2*5-1(3(7)8)2(6)4(9)10;/h2*1-2,5-6H,(H,7,8)(H,9,10);. The van der Waals surface area contributed by atoms with Gasteiger partial charge in [0.25, 0.3) is 0 Å². The van der Waals surface area contributed by atoms with Gasteiger partial charge in [0.2, 0.25) is 0 Å². The van der Waals surface area contributed by atoms with Crippen molar-refractivity contribution >= 4 is 23.9 Å². The normalized spacial score (nSPS) is 15.0. The minimum absolute atomic E-state index is 0. The fourth-order valence-corrected chi connectivity index (χ4v) is 0.540. The van der Waals surface area contributed by atoms with Crippen LogP contribution in [0.3, 0.4) is 0 Å². The van der Waals surface area contributed by atoms with Crippen molar-refractivity contribution in [3.05, 3.63) is 0 Å². The molecule has 13 heteroatoms. The molecule has 0 aromatic rings. The number of carbonyl (C=O) groups is 4. The second-order valence-corrected chi connectivity index (χ2v) is 3.13.